The van der Waals surface area contributed by atoms with Gasteiger partial charge in [-0.1, -0.05) is 127 Å². The van der Waals surface area contributed by atoms with Gasteiger partial charge in [0.2, 0.25) is 0 Å². The lowest BCUT2D eigenvalue weighted by Gasteiger charge is -2.14. The van der Waals surface area contributed by atoms with Crippen molar-refractivity contribution in [3.63, 3.8) is 0 Å². The third-order valence-electron chi connectivity index (χ3n) is 7.27. The maximum atomic E-state index is 9.10. The highest BCUT2D eigenvalue weighted by atomic mass is 15.1. The first-order valence-electron chi connectivity index (χ1n) is 18.1. The lowest BCUT2D eigenvalue weighted by molar-refractivity contribution is 1.06. The van der Waals surface area contributed by atoms with Crippen LogP contribution in [0.15, 0.2) is 158 Å². The highest BCUT2D eigenvalue weighted by molar-refractivity contribution is 6.11. The third kappa shape index (κ3) is 4.46. The maximum Gasteiger partial charge on any atom is 0.166 e. The van der Waals surface area contributed by atoms with Crippen LogP contribution in [-0.2, 0) is 0 Å². The number of rotatable bonds is 5. The van der Waals surface area contributed by atoms with Gasteiger partial charge < -0.3 is 4.57 Å². The number of benzene rings is 6. The molecule has 0 fully saturated rings. The number of para-hydroxylation sites is 2. The Morgan fingerprint density at radius 3 is 1.77 bits per heavy atom. The van der Waals surface area contributed by atoms with Gasteiger partial charge in [-0.3, -0.25) is 0 Å². The second-order valence-corrected chi connectivity index (χ2v) is 9.85. The SMILES string of the molecule is [2H]c1c([2H])c([2H])c(-c2ccc3c(c2)c2c([2H])c([2H])c([2H])c([2H])c2n3-c2ccccc2-c2nc(-c3ccccc3)nc(-c3ccccc3)n2)c([2H])c1[2H]. The van der Waals surface area contributed by atoms with Gasteiger partial charge >= 0.3 is 0 Å². The van der Waals surface area contributed by atoms with Crippen molar-refractivity contribution in [2.75, 3.05) is 0 Å². The summed E-state index contributed by atoms with van der Waals surface area (Å²) in [6.45, 7) is 0. The first-order valence-corrected chi connectivity index (χ1v) is 13.6. The van der Waals surface area contributed by atoms with Gasteiger partial charge in [-0.05, 0) is 41.4 Å². The highest BCUT2D eigenvalue weighted by Gasteiger charge is 2.19. The number of fused-ring (bicyclic) bond motifs is 3. The summed E-state index contributed by atoms with van der Waals surface area (Å²) in [4.78, 5) is 14.6. The molecule has 8 rings (SSSR count). The van der Waals surface area contributed by atoms with E-state index >= 15 is 0 Å². The molecule has 202 valence electrons. The molecule has 0 aliphatic carbocycles. The number of hydrogen-bond acceptors (Lipinski definition) is 3. The maximum absolute atomic E-state index is 9.10. The molecule has 4 heteroatoms. The summed E-state index contributed by atoms with van der Waals surface area (Å²) in [5, 5.41) is 0.627. The zero-order valence-corrected chi connectivity index (χ0v) is 22.6. The molecule has 2 aromatic heterocycles. The molecule has 0 saturated carbocycles. The molecular weight excluding hydrogens is 524 g/mol. The van der Waals surface area contributed by atoms with Gasteiger partial charge in [0.05, 0.1) is 29.1 Å². The summed E-state index contributed by atoms with van der Waals surface area (Å²) >= 11 is 0. The van der Waals surface area contributed by atoms with Crippen LogP contribution < -0.4 is 0 Å². The normalized spacial score (nSPS) is 14.2. The monoisotopic (exact) mass is 559 g/mol. The van der Waals surface area contributed by atoms with E-state index in [9.17, 15) is 0 Å². The lowest BCUT2D eigenvalue weighted by Crippen LogP contribution is -2.03. The lowest BCUT2D eigenvalue weighted by atomic mass is 10.0. The molecule has 43 heavy (non-hydrogen) atoms. The topological polar surface area (TPSA) is 43.6 Å². The predicted molar refractivity (Wildman–Crippen MR) is 176 cm³/mol. The average Bonchev–Trinajstić information content (AvgIpc) is 3.53. The van der Waals surface area contributed by atoms with Gasteiger partial charge in [-0.15, -0.1) is 0 Å². The molecule has 0 aliphatic rings. The summed E-state index contributed by atoms with van der Waals surface area (Å²) in [6, 6.07) is 27.8. The van der Waals surface area contributed by atoms with Crippen molar-refractivity contribution in [3.05, 3.63) is 158 Å². The fourth-order valence-electron chi connectivity index (χ4n) is 5.31. The van der Waals surface area contributed by atoms with Crippen molar-refractivity contribution in [1.82, 2.24) is 19.5 Å². The van der Waals surface area contributed by atoms with E-state index in [1.807, 2.05) is 84.9 Å². The van der Waals surface area contributed by atoms with Gasteiger partial charge in [-0.2, -0.15) is 0 Å². The summed E-state index contributed by atoms with van der Waals surface area (Å²) in [6.07, 6.45) is 0. The predicted octanol–water partition coefficient (Wildman–Crippen LogP) is 9.64. The van der Waals surface area contributed by atoms with Crippen LogP contribution in [0.2, 0.25) is 0 Å². The minimum absolute atomic E-state index is 0.0119. The minimum Gasteiger partial charge on any atom is -0.309 e. The van der Waals surface area contributed by atoms with Crippen LogP contribution in [0.3, 0.4) is 0 Å². The Morgan fingerprint density at radius 2 is 1.05 bits per heavy atom. The van der Waals surface area contributed by atoms with Gasteiger partial charge in [0.15, 0.2) is 17.5 Å². The van der Waals surface area contributed by atoms with Gasteiger partial charge in [0, 0.05) is 27.5 Å². The van der Waals surface area contributed by atoms with Crippen LogP contribution in [0.25, 0.3) is 72.8 Å². The van der Waals surface area contributed by atoms with Crippen molar-refractivity contribution in [3.8, 4) is 51.0 Å². The second kappa shape index (κ2) is 10.5. The minimum atomic E-state index is -0.508. The van der Waals surface area contributed by atoms with Crippen LogP contribution in [0.5, 0.6) is 0 Å². The summed E-state index contributed by atoms with van der Waals surface area (Å²) < 4.78 is 78.7. The summed E-state index contributed by atoms with van der Waals surface area (Å²) in [5.41, 5.74) is 3.67. The van der Waals surface area contributed by atoms with Gasteiger partial charge in [0.1, 0.15) is 0 Å². The molecule has 6 aromatic carbocycles. The molecule has 4 nitrogen and oxygen atoms in total. The summed E-state index contributed by atoms with van der Waals surface area (Å²) in [7, 11) is 0. The molecule has 2 heterocycles. The van der Waals surface area contributed by atoms with E-state index in [0.29, 0.717) is 45.2 Å². The second-order valence-electron chi connectivity index (χ2n) is 9.85. The zero-order valence-electron chi connectivity index (χ0n) is 31.6. The largest absolute Gasteiger partial charge is 0.309 e. The molecule has 0 radical (unpaired) electrons. The summed E-state index contributed by atoms with van der Waals surface area (Å²) in [5.74, 6) is 1.24. The standard InChI is InChI=1S/C39H26N4/c1-4-14-27(15-5-1)30-24-25-36-33(26-30)31-20-10-12-22-34(31)43(36)35-23-13-11-21-32(35)39-41-37(28-16-6-2-7-17-28)40-38(42-39)29-18-8-3-9-19-29/h1-26H/i1D,4D,5D,10D,12D,14D,15D,20D,22D. The Labute approximate surface area is 262 Å². The van der Waals surface area contributed by atoms with Crippen LogP contribution >= 0.6 is 0 Å². The van der Waals surface area contributed by atoms with Gasteiger partial charge in [-0.25, -0.2) is 15.0 Å². The van der Waals surface area contributed by atoms with E-state index in [0.717, 1.165) is 11.1 Å². The Bertz CT molecular complexity index is 2650. The third-order valence-corrected chi connectivity index (χ3v) is 7.27. The molecule has 0 bridgehead atoms. The van der Waals surface area contributed by atoms with Crippen LogP contribution in [0.1, 0.15) is 12.3 Å². The van der Waals surface area contributed by atoms with Crippen LogP contribution in [0, 0.1) is 0 Å². The van der Waals surface area contributed by atoms with Crippen molar-refractivity contribution in [1.29, 1.82) is 0 Å². The molecular formula is C39H26N4. The average molecular weight is 560 g/mol. The molecule has 0 unspecified atom stereocenters. The van der Waals surface area contributed by atoms with Crippen molar-refractivity contribution < 1.29 is 12.3 Å². The van der Waals surface area contributed by atoms with E-state index in [1.165, 1.54) is 0 Å². The zero-order chi connectivity index (χ0) is 36.4. The Kier molecular flexibility index (Phi) is 4.20. The van der Waals surface area contributed by atoms with E-state index in [1.54, 1.807) is 22.8 Å². The van der Waals surface area contributed by atoms with E-state index in [-0.39, 0.29) is 40.6 Å². The Morgan fingerprint density at radius 1 is 0.442 bits per heavy atom. The van der Waals surface area contributed by atoms with Crippen LogP contribution in [-0.4, -0.2) is 19.5 Å². The molecule has 8 aromatic rings. The van der Waals surface area contributed by atoms with Gasteiger partial charge in [0.25, 0.3) is 0 Å². The fourth-order valence-corrected chi connectivity index (χ4v) is 5.31. The number of aromatic nitrogens is 4. The first-order chi connectivity index (χ1) is 25.1. The van der Waals surface area contributed by atoms with Crippen LogP contribution in [0.4, 0.5) is 0 Å². The van der Waals surface area contributed by atoms with E-state index in [4.69, 9.17) is 27.3 Å². The van der Waals surface area contributed by atoms with Crippen molar-refractivity contribution >= 4 is 21.8 Å². The molecule has 0 atom stereocenters. The molecule has 0 aliphatic heterocycles. The molecule has 0 amide bonds. The molecule has 0 spiro atoms. The molecule has 0 saturated heterocycles. The Hall–Kier alpha value is -5.87. The van der Waals surface area contributed by atoms with E-state index < -0.39 is 30.2 Å². The smallest absolute Gasteiger partial charge is 0.166 e. The Balaban J connectivity index is 1.45. The van der Waals surface area contributed by atoms with Crippen molar-refractivity contribution in [2.24, 2.45) is 0 Å². The highest BCUT2D eigenvalue weighted by Crippen LogP contribution is 2.37. The molecule has 0 N–H and O–H groups in total. The fraction of sp³-hybridized carbons (Fsp3) is 0. The van der Waals surface area contributed by atoms with Crippen molar-refractivity contribution in [2.45, 2.75) is 0 Å². The number of hydrogen-bond donors (Lipinski definition) is 0. The number of nitrogens with zero attached hydrogens (tertiary/aromatic N) is 4. The first kappa shape index (κ1) is 17.2. The van der Waals surface area contributed by atoms with E-state index in [2.05, 4.69) is 0 Å². The quantitative estimate of drug-likeness (QED) is 0.211.